The Hall–Kier alpha value is -3.66. The second-order valence-corrected chi connectivity index (χ2v) is 6.79. The van der Waals surface area contributed by atoms with Crippen LogP contribution >= 0.6 is 0 Å². The van der Waals surface area contributed by atoms with Crippen molar-refractivity contribution < 1.29 is 17.6 Å². The van der Waals surface area contributed by atoms with Crippen LogP contribution in [0.1, 0.15) is 30.6 Å². The molecule has 2 aromatic heterocycles. The number of hydrogen-bond donors (Lipinski definition) is 0. The van der Waals surface area contributed by atoms with E-state index in [1.54, 1.807) is 6.92 Å². The van der Waals surface area contributed by atoms with Gasteiger partial charge in [-0.3, -0.25) is 4.40 Å². The molecule has 0 aliphatic rings. The largest absolute Gasteiger partial charge is 0.297 e. The Balaban J connectivity index is 1.87. The average molecular weight is 409 g/mol. The van der Waals surface area contributed by atoms with Gasteiger partial charge in [-0.15, -0.1) is 0 Å². The summed E-state index contributed by atoms with van der Waals surface area (Å²) in [5.41, 5.74) is 1.20. The molecule has 2 heterocycles. The van der Waals surface area contributed by atoms with Gasteiger partial charge in [0, 0.05) is 28.5 Å². The number of pyridine rings is 1. The molecule has 4 rings (SSSR count). The fourth-order valence-electron chi connectivity index (χ4n) is 3.44. The third-order valence-corrected chi connectivity index (χ3v) is 5.00. The van der Waals surface area contributed by atoms with Crippen molar-refractivity contribution in [2.45, 2.75) is 19.5 Å². The summed E-state index contributed by atoms with van der Waals surface area (Å²) in [6.45, 7) is 1.62. The van der Waals surface area contributed by atoms with Crippen molar-refractivity contribution >= 4 is 5.65 Å². The molecule has 0 saturated carbocycles. The number of nitrogens with zero attached hydrogens (tertiary/aromatic N) is 3. The molecule has 0 bridgehead atoms. The van der Waals surface area contributed by atoms with Crippen molar-refractivity contribution in [3.8, 4) is 28.5 Å². The number of hydrogen-bond acceptors (Lipinski definition) is 2. The molecule has 0 N–H and O–H groups in total. The maximum Gasteiger partial charge on any atom is 0.174 e. The van der Waals surface area contributed by atoms with E-state index in [0.717, 1.165) is 12.1 Å². The van der Waals surface area contributed by atoms with Crippen molar-refractivity contribution in [2.75, 3.05) is 0 Å². The summed E-state index contributed by atoms with van der Waals surface area (Å²) >= 11 is 0. The molecule has 7 heteroatoms. The summed E-state index contributed by atoms with van der Waals surface area (Å²) in [5.74, 6) is -1.93. The zero-order valence-electron chi connectivity index (χ0n) is 15.8. The fraction of sp³-hybridized carbons (Fsp3) is 0.130. The van der Waals surface area contributed by atoms with Gasteiger partial charge >= 0.3 is 0 Å². The van der Waals surface area contributed by atoms with Gasteiger partial charge in [0.05, 0.1) is 23.5 Å². The molecule has 1 unspecified atom stereocenters. The average Bonchev–Trinajstić information content (AvgIpc) is 3.19. The lowest BCUT2D eigenvalue weighted by Crippen LogP contribution is -2.00. The van der Waals surface area contributed by atoms with E-state index in [0.29, 0.717) is 11.3 Å². The summed E-state index contributed by atoms with van der Waals surface area (Å²) in [6.07, 6.45) is 1.63. The molecule has 0 saturated heterocycles. The maximum atomic E-state index is 14.7. The van der Waals surface area contributed by atoms with Crippen LogP contribution < -0.4 is 0 Å². The van der Waals surface area contributed by atoms with Crippen molar-refractivity contribution in [2.24, 2.45) is 0 Å². The summed E-state index contributed by atoms with van der Waals surface area (Å²) in [4.78, 5) is 4.07. The van der Waals surface area contributed by atoms with E-state index in [4.69, 9.17) is 0 Å². The van der Waals surface area contributed by atoms with E-state index >= 15 is 0 Å². The second-order valence-electron chi connectivity index (χ2n) is 6.79. The van der Waals surface area contributed by atoms with Crippen LogP contribution in [0.15, 0.2) is 54.9 Å². The smallest absolute Gasteiger partial charge is 0.174 e. The minimum Gasteiger partial charge on any atom is -0.297 e. The second kappa shape index (κ2) is 7.64. The van der Waals surface area contributed by atoms with Crippen LogP contribution in [0.4, 0.5) is 17.6 Å². The molecule has 2 aromatic carbocycles. The molecule has 150 valence electrons. The van der Waals surface area contributed by atoms with E-state index in [1.165, 1.54) is 47.1 Å². The van der Waals surface area contributed by atoms with E-state index < -0.39 is 23.6 Å². The normalized spacial score (nSPS) is 12.1. The third-order valence-electron chi connectivity index (χ3n) is 5.00. The molecule has 0 spiro atoms. The highest BCUT2D eigenvalue weighted by atomic mass is 19.1. The van der Waals surface area contributed by atoms with Crippen molar-refractivity contribution in [3.63, 3.8) is 0 Å². The summed E-state index contributed by atoms with van der Waals surface area (Å²) in [7, 11) is 0. The molecule has 0 amide bonds. The van der Waals surface area contributed by atoms with Crippen LogP contribution in [-0.2, 0) is 0 Å². The number of rotatable bonds is 4. The summed E-state index contributed by atoms with van der Waals surface area (Å²) in [5, 5.41) is 9.29. The standard InChI is InChI=1S/C23H15F4N3/c1-2-19(25)17-7-8-30-21(12-29-23(30)22(17)27)13-3-6-20(26)18(10-13)16-5-4-15(24)9-14(16)11-28/h3-10,12,19H,2H2,1H3. The summed E-state index contributed by atoms with van der Waals surface area (Å²) < 4.78 is 58.2. The lowest BCUT2D eigenvalue weighted by atomic mass is 9.97. The van der Waals surface area contributed by atoms with Gasteiger partial charge in [0.15, 0.2) is 11.5 Å². The lowest BCUT2D eigenvalue weighted by Gasteiger charge is -2.11. The first-order chi connectivity index (χ1) is 14.4. The van der Waals surface area contributed by atoms with Crippen molar-refractivity contribution in [1.82, 2.24) is 9.38 Å². The minimum absolute atomic E-state index is 0.00608. The molecule has 1 atom stereocenters. The van der Waals surface area contributed by atoms with Crippen molar-refractivity contribution in [3.05, 3.63) is 83.4 Å². The SMILES string of the molecule is CCC(F)c1ccn2c(-c3ccc(F)c(-c4ccc(F)cc4C#N)c3)cnc2c1F. The van der Waals surface area contributed by atoms with Gasteiger partial charge in [-0.1, -0.05) is 13.0 Å². The highest BCUT2D eigenvalue weighted by Crippen LogP contribution is 2.33. The van der Waals surface area contributed by atoms with Crippen LogP contribution in [-0.4, -0.2) is 9.38 Å². The highest BCUT2D eigenvalue weighted by molar-refractivity contribution is 5.76. The quantitative estimate of drug-likeness (QED) is 0.367. The first-order valence-electron chi connectivity index (χ1n) is 9.24. The minimum atomic E-state index is -1.43. The number of fused-ring (bicyclic) bond motifs is 1. The predicted molar refractivity (Wildman–Crippen MR) is 105 cm³/mol. The molecular formula is C23H15F4N3. The Morgan fingerprint density at radius 1 is 1.07 bits per heavy atom. The van der Waals surface area contributed by atoms with Crippen LogP contribution in [0, 0.1) is 28.8 Å². The van der Waals surface area contributed by atoms with Gasteiger partial charge in [-0.25, -0.2) is 22.5 Å². The van der Waals surface area contributed by atoms with Crippen LogP contribution in [0.25, 0.3) is 28.0 Å². The highest BCUT2D eigenvalue weighted by Gasteiger charge is 2.19. The summed E-state index contributed by atoms with van der Waals surface area (Å²) in [6, 6.07) is 10.9. The zero-order valence-corrected chi connectivity index (χ0v) is 15.8. The number of halogens is 4. The molecule has 0 aliphatic carbocycles. The molecule has 3 nitrogen and oxygen atoms in total. The first kappa shape index (κ1) is 19.6. The Bertz CT molecular complexity index is 1300. The Labute approximate surface area is 169 Å². The molecule has 30 heavy (non-hydrogen) atoms. The molecule has 0 aliphatic heterocycles. The number of nitriles is 1. The van der Waals surface area contributed by atoms with Gasteiger partial charge in [0.1, 0.15) is 17.8 Å². The monoisotopic (exact) mass is 409 g/mol. The lowest BCUT2D eigenvalue weighted by molar-refractivity contribution is 0.324. The Kier molecular flexibility index (Phi) is 5.00. The number of alkyl halides is 1. The Morgan fingerprint density at radius 3 is 2.60 bits per heavy atom. The van der Waals surface area contributed by atoms with Gasteiger partial charge in [0.25, 0.3) is 0 Å². The zero-order chi connectivity index (χ0) is 21.4. The topological polar surface area (TPSA) is 41.1 Å². The molecular weight excluding hydrogens is 394 g/mol. The maximum absolute atomic E-state index is 14.7. The van der Waals surface area contributed by atoms with Crippen molar-refractivity contribution in [1.29, 1.82) is 5.26 Å². The molecule has 0 fully saturated rings. The molecule has 0 radical (unpaired) electrons. The predicted octanol–water partition coefficient (Wildman–Crippen LogP) is 6.38. The number of imidazole rings is 1. The first-order valence-corrected chi connectivity index (χ1v) is 9.24. The number of aromatic nitrogens is 2. The van der Waals surface area contributed by atoms with Crippen LogP contribution in [0.3, 0.4) is 0 Å². The van der Waals surface area contributed by atoms with E-state index in [1.807, 2.05) is 6.07 Å². The van der Waals surface area contributed by atoms with Crippen LogP contribution in [0.5, 0.6) is 0 Å². The molecule has 4 aromatic rings. The van der Waals surface area contributed by atoms with Gasteiger partial charge in [0.2, 0.25) is 0 Å². The van der Waals surface area contributed by atoms with Gasteiger partial charge in [-0.05, 0) is 42.8 Å². The van der Waals surface area contributed by atoms with Gasteiger partial charge in [-0.2, -0.15) is 5.26 Å². The van der Waals surface area contributed by atoms with E-state index in [2.05, 4.69) is 4.98 Å². The van der Waals surface area contributed by atoms with E-state index in [-0.39, 0.29) is 34.3 Å². The fourth-order valence-corrected chi connectivity index (χ4v) is 3.44. The Morgan fingerprint density at radius 2 is 1.87 bits per heavy atom. The third kappa shape index (κ3) is 3.20. The van der Waals surface area contributed by atoms with E-state index in [9.17, 15) is 22.8 Å². The van der Waals surface area contributed by atoms with Gasteiger partial charge < -0.3 is 0 Å². The number of benzene rings is 2. The van der Waals surface area contributed by atoms with Crippen LogP contribution in [0.2, 0.25) is 0 Å².